The van der Waals surface area contributed by atoms with Crippen molar-refractivity contribution in [2.75, 3.05) is 0 Å². The van der Waals surface area contributed by atoms with Gasteiger partial charge in [-0.05, 0) is 38.0 Å². The van der Waals surface area contributed by atoms with Crippen molar-refractivity contribution in [1.82, 2.24) is 0 Å². The number of nitriles is 2. The summed E-state index contributed by atoms with van der Waals surface area (Å²) in [5.41, 5.74) is 0. The Morgan fingerprint density at radius 1 is 0.857 bits per heavy atom. The summed E-state index contributed by atoms with van der Waals surface area (Å²) in [5, 5.41) is 16.1. The molecule has 0 aliphatic carbocycles. The highest BCUT2D eigenvalue weighted by molar-refractivity contribution is 7.44. The third-order valence-corrected chi connectivity index (χ3v) is 5.41. The highest BCUT2D eigenvalue weighted by Gasteiger charge is 2.26. The second-order valence-corrected chi connectivity index (χ2v) is 15.0. The number of hydrogen-bond donors (Lipinski definition) is 0. The first-order valence-electron chi connectivity index (χ1n) is 5.62. The molecule has 0 atom stereocenters. The lowest BCUT2D eigenvalue weighted by Crippen LogP contribution is -2.14. The van der Waals surface area contributed by atoms with Gasteiger partial charge in [0.15, 0.2) is 0 Å². The molecular weight excluding hydrogens is 349 g/mol. The molecule has 0 aliphatic heterocycles. The Kier molecular flexibility index (Phi) is 27.9. The molecule has 128 valence electrons. The van der Waals surface area contributed by atoms with Crippen molar-refractivity contribution >= 4 is 37.6 Å². The molecule has 0 N–H and O–H groups in total. The predicted octanol–water partition coefficient (Wildman–Crippen LogP) is 7.05. The maximum Gasteiger partial charge on any atom is 0.422 e. The van der Waals surface area contributed by atoms with Crippen molar-refractivity contribution < 1.29 is 8.22 Å². The fourth-order valence-corrected chi connectivity index (χ4v) is 3.35. The van der Waals surface area contributed by atoms with E-state index in [1.54, 1.807) is 0 Å². The van der Waals surface area contributed by atoms with Crippen LogP contribution in [-0.2, 0) is 0 Å². The third kappa shape index (κ3) is 45.0. The number of hydrogen-bond acceptors (Lipinski definition) is 2. The molecule has 0 aromatic heterocycles. The van der Waals surface area contributed by atoms with E-state index in [1.807, 2.05) is 18.7 Å². The van der Waals surface area contributed by atoms with Crippen LogP contribution in [0.15, 0.2) is 0 Å². The highest BCUT2D eigenvalue weighted by atomic mass is 35.7. The molecule has 0 unspecified atom stereocenters. The SMILES string of the molecule is C.C.C.C[Si](Cl)(Cl)CCCC#N.C[Si](F)(F)CCCC#N. The van der Waals surface area contributed by atoms with Crippen LogP contribution in [0.4, 0.5) is 8.22 Å². The van der Waals surface area contributed by atoms with Crippen LogP contribution in [0.3, 0.4) is 0 Å². The molecule has 0 rings (SSSR count). The standard InChI is InChI=1S/C5H9Cl2NSi.C5H9F2NSi.3CH4/c2*1-9(6,7)5-3-2-4-8;;;/h2*2-3,5H2,1H3;3*1H4. The number of nitrogens with zero attached hydrogens (tertiary/aromatic N) is 2. The quantitative estimate of drug-likeness (QED) is 0.282. The summed E-state index contributed by atoms with van der Waals surface area (Å²) in [6.45, 7) is 0.972. The summed E-state index contributed by atoms with van der Waals surface area (Å²) < 4.78 is 24.2. The van der Waals surface area contributed by atoms with Crippen molar-refractivity contribution in [3.05, 3.63) is 0 Å². The third-order valence-electron chi connectivity index (χ3n) is 1.81. The van der Waals surface area contributed by atoms with Gasteiger partial charge in [0.1, 0.15) is 0 Å². The summed E-state index contributed by atoms with van der Waals surface area (Å²) in [6, 6.07) is 4.66. The van der Waals surface area contributed by atoms with Crippen LogP contribution in [0, 0.1) is 22.7 Å². The van der Waals surface area contributed by atoms with Gasteiger partial charge in [-0.25, -0.2) is 0 Å². The lowest BCUT2D eigenvalue weighted by atomic mass is 10.4. The zero-order chi connectivity index (χ0) is 14.7. The first-order valence-corrected chi connectivity index (χ1v) is 12.8. The molecule has 8 heteroatoms. The van der Waals surface area contributed by atoms with E-state index in [2.05, 4.69) is 0 Å². The summed E-state index contributed by atoms with van der Waals surface area (Å²) in [4.78, 5) is 0. The van der Waals surface area contributed by atoms with Crippen LogP contribution < -0.4 is 0 Å². The summed E-state index contributed by atoms with van der Waals surface area (Å²) in [6.07, 6.45) is 2.02. The van der Waals surface area contributed by atoms with Crippen LogP contribution in [0.25, 0.3) is 0 Å². The van der Waals surface area contributed by atoms with Gasteiger partial charge in [0.2, 0.25) is 6.69 Å². The maximum atomic E-state index is 12.1. The monoisotopic (exact) mass is 378 g/mol. The average molecular weight is 379 g/mol. The molecule has 0 radical (unpaired) electrons. The fourth-order valence-electron chi connectivity index (χ4n) is 0.956. The summed E-state index contributed by atoms with van der Waals surface area (Å²) in [7, 11) is -3.85. The van der Waals surface area contributed by atoms with Crippen LogP contribution in [0.1, 0.15) is 48.0 Å². The number of rotatable bonds is 6. The minimum atomic E-state index is -3.85. The maximum absolute atomic E-state index is 12.1. The molecule has 0 bridgehead atoms. The van der Waals surface area contributed by atoms with Crippen molar-refractivity contribution in [3.63, 3.8) is 0 Å². The van der Waals surface area contributed by atoms with E-state index in [0.29, 0.717) is 12.8 Å². The van der Waals surface area contributed by atoms with Gasteiger partial charge in [-0.1, -0.05) is 22.3 Å². The van der Waals surface area contributed by atoms with E-state index in [0.717, 1.165) is 19.0 Å². The van der Waals surface area contributed by atoms with Gasteiger partial charge in [0, 0.05) is 12.8 Å². The lowest BCUT2D eigenvalue weighted by molar-refractivity contribution is 0.599. The molecule has 0 heterocycles. The van der Waals surface area contributed by atoms with E-state index in [4.69, 9.17) is 32.7 Å². The van der Waals surface area contributed by atoms with Crippen molar-refractivity contribution in [1.29, 1.82) is 10.5 Å². The largest absolute Gasteiger partial charge is 0.422 e. The Bertz CT molecular complexity index is 263. The zero-order valence-electron chi connectivity index (χ0n) is 10.6. The van der Waals surface area contributed by atoms with Crippen LogP contribution in [0.2, 0.25) is 25.2 Å². The Morgan fingerprint density at radius 2 is 1.19 bits per heavy atom. The van der Waals surface area contributed by atoms with Crippen molar-refractivity contribution in [3.8, 4) is 12.1 Å². The van der Waals surface area contributed by atoms with Crippen LogP contribution in [-0.4, -0.2) is 15.4 Å². The number of unbranched alkanes of at least 4 members (excludes halogenated alkanes) is 2. The molecule has 21 heavy (non-hydrogen) atoms. The highest BCUT2D eigenvalue weighted by Crippen LogP contribution is 2.21. The number of halogens is 4. The zero-order valence-corrected chi connectivity index (χ0v) is 14.2. The van der Waals surface area contributed by atoms with Gasteiger partial charge < -0.3 is 0 Å². The van der Waals surface area contributed by atoms with Crippen molar-refractivity contribution in [2.24, 2.45) is 0 Å². The summed E-state index contributed by atoms with van der Waals surface area (Å²) in [5.74, 6) is 0. The van der Waals surface area contributed by atoms with E-state index in [9.17, 15) is 8.22 Å². The van der Waals surface area contributed by atoms with Crippen LogP contribution in [0.5, 0.6) is 0 Å². The van der Waals surface area contributed by atoms with Crippen molar-refractivity contribution in [2.45, 2.75) is 73.1 Å². The van der Waals surface area contributed by atoms with Gasteiger partial charge in [0.05, 0.1) is 12.1 Å². The van der Waals surface area contributed by atoms with Crippen LogP contribution >= 0.6 is 22.2 Å². The second kappa shape index (κ2) is 17.9. The average Bonchev–Trinajstić information content (AvgIpc) is 2.16. The molecule has 0 aromatic rings. The van der Waals surface area contributed by atoms with Gasteiger partial charge in [-0.3, -0.25) is 8.22 Å². The van der Waals surface area contributed by atoms with Gasteiger partial charge in [-0.15, -0.1) is 22.2 Å². The Hall–Kier alpha value is -0.146. The first-order chi connectivity index (χ1) is 8.12. The molecule has 0 fully saturated rings. The Morgan fingerprint density at radius 3 is 1.43 bits per heavy atom. The van der Waals surface area contributed by atoms with E-state index in [1.165, 1.54) is 0 Å². The smallest absolute Gasteiger partial charge is 0.271 e. The van der Waals surface area contributed by atoms with Gasteiger partial charge in [-0.2, -0.15) is 10.5 Å². The summed E-state index contributed by atoms with van der Waals surface area (Å²) >= 11 is 11.5. The van der Waals surface area contributed by atoms with E-state index < -0.39 is 15.4 Å². The fraction of sp³-hybridized carbons (Fsp3) is 0.846. The molecule has 0 saturated carbocycles. The minimum Gasteiger partial charge on any atom is -0.271 e. The van der Waals surface area contributed by atoms with E-state index in [-0.39, 0.29) is 34.7 Å². The molecule has 0 aliphatic rings. The Labute approximate surface area is 141 Å². The molecule has 0 amide bonds. The molecule has 0 saturated heterocycles. The molecule has 0 aromatic carbocycles. The predicted molar refractivity (Wildman–Crippen MR) is 96.7 cm³/mol. The normalized spacial score (nSPS) is 9.33. The first kappa shape index (κ1) is 32.7. The van der Waals surface area contributed by atoms with Gasteiger partial charge >= 0.3 is 8.74 Å². The van der Waals surface area contributed by atoms with E-state index >= 15 is 0 Å². The lowest BCUT2D eigenvalue weighted by Gasteiger charge is -2.06. The topological polar surface area (TPSA) is 47.6 Å². The minimum absolute atomic E-state index is 0. The second-order valence-electron chi connectivity index (χ2n) is 4.16. The molecular formula is C13H30Cl2F2N2Si2. The van der Waals surface area contributed by atoms with Gasteiger partial charge in [0.25, 0.3) is 0 Å². The molecule has 2 nitrogen and oxygen atoms in total. The molecule has 0 spiro atoms. The Balaban J connectivity index is -0.0000000711.